The Morgan fingerprint density at radius 2 is 1.71 bits per heavy atom. The smallest absolute Gasteiger partial charge is 0.0246 e. The van der Waals surface area contributed by atoms with Crippen LogP contribution in [0.5, 0.6) is 0 Å². The van der Waals surface area contributed by atoms with Crippen molar-refractivity contribution in [1.82, 2.24) is 10.2 Å². The second kappa shape index (κ2) is 5.71. The third-order valence-electron chi connectivity index (χ3n) is 3.98. The molecule has 1 unspecified atom stereocenters. The summed E-state index contributed by atoms with van der Waals surface area (Å²) in [5.74, 6) is 1.55. The lowest BCUT2D eigenvalue weighted by molar-refractivity contribution is 0.126. The SMILES string of the molecule is CC(C)CN(C1CC1)C(CNC1CC1)C(C)C. The van der Waals surface area contributed by atoms with Crippen molar-refractivity contribution in [3.05, 3.63) is 0 Å². The van der Waals surface area contributed by atoms with E-state index in [9.17, 15) is 0 Å². The van der Waals surface area contributed by atoms with Gasteiger partial charge in [0.1, 0.15) is 0 Å². The Morgan fingerprint density at radius 3 is 2.12 bits per heavy atom. The summed E-state index contributed by atoms with van der Waals surface area (Å²) in [6, 6.07) is 2.48. The fourth-order valence-corrected chi connectivity index (χ4v) is 2.69. The molecule has 0 saturated heterocycles. The summed E-state index contributed by atoms with van der Waals surface area (Å²) < 4.78 is 0. The fraction of sp³-hybridized carbons (Fsp3) is 1.00. The summed E-state index contributed by atoms with van der Waals surface area (Å²) in [6.07, 6.45) is 5.66. The Morgan fingerprint density at radius 1 is 1.06 bits per heavy atom. The largest absolute Gasteiger partial charge is 0.312 e. The highest BCUT2D eigenvalue weighted by molar-refractivity contribution is 4.92. The molecule has 2 aliphatic carbocycles. The Hall–Kier alpha value is -0.0800. The Balaban J connectivity index is 1.89. The van der Waals surface area contributed by atoms with Crippen molar-refractivity contribution < 1.29 is 0 Å². The molecule has 1 N–H and O–H groups in total. The van der Waals surface area contributed by atoms with Crippen LogP contribution in [0.3, 0.4) is 0 Å². The Kier molecular flexibility index (Phi) is 4.48. The topological polar surface area (TPSA) is 15.3 Å². The summed E-state index contributed by atoms with van der Waals surface area (Å²) in [4.78, 5) is 2.80. The molecule has 2 nitrogen and oxygen atoms in total. The molecule has 0 heterocycles. The van der Waals surface area contributed by atoms with Gasteiger partial charge < -0.3 is 5.32 Å². The fourth-order valence-electron chi connectivity index (χ4n) is 2.69. The summed E-state index contributed by atoms with van der Waals surface area (Å²) >= 11 is 0. The molecular weight excluding hydrogens is 208 g/mol. The first-order valence-corrected chi connectivity index (χ1v) is 7.57. The lowest BCUT2D eigenvalue weighted by Crippen LogP contribution is -2.48. The molecule has 1 atom stereocenters. The van der Waals surface area contributed by atoms with Gasteiger partial charge in [0.2, 0.25) is 0 Å². The average Bonchev–Trinajstić information content (AvgIpc) is 3.10. The number of rotatable bonds is 8. The van der Waals surface area contributed by atoms with E-state index < -0.39 is 0 Å². The lowest BCUT2D eigenvalue weighted by Gasteiger charge is -2.36. The summed E-state index contributed by atoms with van der Waals surface area (Å²) in [5.41, 5.74) is 0. The minimum absolute atomic E-state index is 0.741. The van der Waals surface area contributed by atoms with Crippen LogP contribution in [0, 0.1) is 11.8 Å². The van der Waals surface area contributed by atoms with E-state index in [4.69, 9.17) is 0 Å². The quantitative estimate of drug-likeness (QED) is 0.699. The third kappa shape index (κ3) is 4.26. The minimum atomic E-state index is 0.741. The number of hydrogen-bond acceptors (Lipinski definition) is 2. The van der Waals surface area contributed by atoms with Gasteiger partial charge in [0.15, 0.2) is 0 Å². The zero-order valence-electron chi connectivity index (χ0n) is 12.1. The van der Waals surface area contributed by atoms with E-state index >= 15 is 0 Å². The van der Waals surface area contributed by atoms with E-state index in [1.54, 1.807) is 0 Å². The molecule has 2 aliphatic rings. The molecule has 0 radical (unpaired) electrons. The van der Waals surface area contributed by atoms with E-state index in [0.717, 1.165) is 30.0 Å². The number of hydrogen-bond donors (Lipinski definition) is 1. The maximum Gasteiger partial charge on any atom is 0.0246 e. The van der Waals surface area contributed by atoms with Crippen molar-refractivity contribution in [3.8, 4) is 0 Å². The van der Waals surface area contributed by atoms with Gasteiger partial charge in [-0.2, -0.15) is 0 Å². The monoisotopic (exact) mass is 238 g/mol. The van der Waals surface area contributed by atoms with Crippen LogP contribution in [0.2, 0.25) is 0 Å². The number of nitrogens with one attached hydrogen (secondary N) is 1. The third-order valence-corrected chi connectivity index (χ3v) is 3.98. The van der Waals surface area contributed by atoms with Crippen molar-refractivity contribution in [1.29, 1.82) is 0 Å². The molecule has 2 saturated carbocycles. The zero-order valence-corrected chi connectivity index (χ0v) is 12.1. The summed E-state index contributed by atoms with van der Waals surface area (Å²) in [7, 11) is 0. The molecule has 2 heteroatoms. The van der Waals surface area contributed by atoms with Gasteiger partial charge in [-0.25, -0.2) is 0 Å². The summed E-state index contributed by atoms with van der Waals surface area (Å²) in [5, 5.41) is 3.73. The molecule has 0 aromatic rings. The second-order valence-electron chi connectivity index (χ2n) is 6.82. The predicted octanol–water partition coefficient (Wildman–Crippen LogP) is 2.88. The summed E-state index contributed by atoms with van der Waals surface area (Å²) in [6.45, 7) is 11.9. The van der Waals surface area contributed by atoms with Crippen LogP contribution in [-0.2, 0) is 0 Å². The van der Waals surface area contributed by atoms with Crippen LogP contribution >= 0.6 is 0 Å². The molecule has 0 aliphatic heterocycles. The maximum absolute atomic E-state index is 3.73. The van der Waals surface area contributed by atoms with Crippen molar-refractivity contribution in [2.75, 3.05) is 13.1 Å². The van der Waals surface area contributed by atoms with Gasteiger partial charge in [0.25, 0.3) is 0 Å². The van der Waals surface area contributed by atoms with Gasteiger partial charge in [0.05, 0.1) is 0 Å². The first kappa shape index (κ1) is 13.4. The van der Waals surface area contributed by atoms with Crippen molar-refractivity contribution >= 4 is 0 Å². The molecule has 0 aromatic heterocycles. The first-order chi connectivity index (χ1) is 8.08. The number of nitrogens with zero attached hydrogens (tertiary/aromatic N) is 1. The molecule has 100 valence electrons. The van der Waals surface area contributed by atoms with Crippen LogP contribution < -0.4 is 5.32 Å². The highest BCUT2D eigenvalue weighted by Crippen LogP contribution is 2.31. The first-order valence-electron chi connectivity index (χ1n) is 7.57. The van der Waals surface area contributed by atoms with Gasteiger partial charge in [-0.3, -0.25) is 4.90 Å². The van der Waals surface area contributed by atoms with Crippen molar-refractivity contribution in [2.24, 2.45) is 11.8 Å². The minimum Gasteiger partial charge on any atom is -0.312 e. The second-order valence-corrected chi connectivity index (χ2v) is 6.82. The highest BCUT2D eigenvalue weighted by Gasteiger charge is 2.36. The standard InChI is InChI=1S/C15H30N2/c1-11(2)10-17(14-7-8-14)15(12(3)4)9-16-13-5-6-13/h11-16H,5-10H2,1-4H3. The average molecular weight is 238 g/mol. The normalized spacial score (nSPS) is 22.8. The van der Waals surface area contributed by atoms with Gasteiger partial charge in [0, 0.05) is 31.2 Å². The van der Waals surface area contributed by atoms with Crippen LogP contribution in [0.25, 0.3) is 0 Å². The van der Waals surface area contributed by atoms with Crippen LogP contribution in [0.1, 0.15) is 53.4 Å². The molecule has 0 bridgehead atoms. The van der Waals surface area contributed by atoms with Crippen LogP contribution in [0.15, 0.2) is 0 Å². The Labute approximate surface area is 107 Å². The van der Waals surface area contributed by atoms with Crippen molar-refractivity contribution in [2.45, 2.75) is 71.5 Å². The lowest BCUT2D eigenvalue weighted by atomic mass is 10.0. The predicted molar refractivity (Wildman–Crippen MR) is 74.2 cm³/mol. The molecule has 17 heavy (non-hydrogen) atoms. The van der Waals surface area contributed by atoms with Gasteiger partial charge in [-0.1, -0.05) is 27.7 Å². The molecule has 0 spiro atoms. The Bertz CT molecular complexity index is 229. The van der Waals surface area contributed by atoms with E-state index in [-0.39, 0.29) is 0 Å². The van der Waals surface area contributed by atoms with Gasteiger partial charge >= 0.3 is 0 Å². The van der Waals surface area contributed by atoms with Crippen LogP contribution in [0.4, 0.5) is 0 Å². The van der Waals surface area contributed by atoms with Crippen molar-refractivity contribution in [3.63, 3.8) is 0 Å². The maximum atomic E-state index is 3.73. The van der Waals surface area contributed by atoms with E-state index in [1.165, 1.54) is 38.8 Å². The van der Waals surface area contributed by atoms with E-state index in [2.05, 4.69) is 37.9 Å². The molecule has 2 fully saturated rings. The molecule has 2 rings (SSSR count). The van der Waals surface area contributed by atoms with Crippen LogP contribution in [-0.4, -0.2) is 36.1 Å². The zero-order chi connectivity index (χ0) is 12.4. The van der Waals surface area contributed by atoms with Gasteiger partial charge in [-0.05, 0) is 37.5 Å². The highest BCUT2D eigenvalue weighted by atomic mass is 15.2. The molecular formula is C15H30N2. The van der Waals surface area contributed by atoms with Gasteiger partial charge in [-0.15, -0.1) is 0 Å². The molecule has 0 amide bonds. The van der Waals surface area contributed by atoms with E-state index in [1.807, 2.05) is 0 Å². The van der Waals surface area contributed by atoms with E-state index in [0.29, 0.717) is 0 Å². The molecule has 0 aromatic carbocycles.